The standard InChI is InChI=1S/C43H28N4/c1-3-10-30(11-4-1)42-36-15-7-8-16-37(36)43(31-12-5-2-6-13-31)39-26-32(19-23-38(39)42)33-20-24-40-41(27-33)46-47(45-40)35-21-17-29(18-22-35)34-14-9-25-44-28-34/h1-28H. The van der Waals surface area contributed by atoms with Crippen molar-refractivity contribution >= 4 is 32.6 Å². The van der Waals surface area contributed by atoms with Crippen molar-refractivity contribution in [3.05, 3.63) is 170 Å². The Kier molecular flexibility index (Phi) is 6.43. The van der Waals surface area contributed by atoms with Crippen molar-refractivity contribution in [3.8, 4) is 50.2 Å². The molecule has 220 valence electrons. The summed E-state index contributed by atoms with van der Waals surface area (Å²) >= 11 is 0. The second kappa shape index (κ2) is 11.2. The van der Waals surface area contributed by atoms with Crippen LogP contribution in [0.2, 0.25) is 0 Å². The Bertz CT molecular complexity index is 2540. The molecule has 9 aromatic rings. The zero-order chi connectivity index (χ0) is 31.2. The van der Waals surface area contributed by atoms with Crippen LogP contribution < -0.4 is 0 Å². The Hall–Kier alpha value is -6.39. The van der Waals surface area contributed by atoms with Crippen LogP contribution in [0.3, 0.4) is 0 Å². The predicted octanol–water partition coefficient (Wildman–Crippen LogP) is 10.8. The smallest absolute Gasteiger partial charge is 0.114 e. The second-order valence-electron chi connectivity index (χ2n) is 11.8. The Morgan fingerprint density at radius 3 is 1.60 bits per heavy atom. The van der Waals surface area contributed by atoms with E-state index in [9.17, 15) is 0 Å². The number of hydrogen-bond donors (Lipinski definition) is 0. The summed E-state index contributed by atoms with van der Waals surface area (Å²) in [6, 6.07) is 55.8. The molecule has 0 atom stereocenters. The minimum atomic E-state index is 0.853. The molecule has 0 radical (unpaired) electrons. The Balaban J connectivity index is 1.19. The number of aromatic nitrogens is 4. The molecule has 0 amide bonds. The van der Waals surface area contributed by atoms with Crippen molar-refractivity contribution < 1.29 is 0 Å². The molecule has 47 heavy (non-hydrogen) atoms. The van der Waals surface area contributed by atoms with Gasteiger partial charge in [0.15, 0.2) is 0 Å². The summed E-state index contributed by atoms with van der Waals surface area (Å²) in [5.74, 6) is 0. The largest absolute Gasteiger partial charge is 0.264 e. The lowest BCUT2D eigenvalue weighted by molar-refractivity contribution is 0.766. The van der Waals surface area contributed by atoms with Gasteiger partial charge in [-0.05, 0) is 102 Å². The first-order valence-electron chi connectivity index (χ1n) is 15.8. The van der Waals surface area contributed by atoms with Gasteiger partial charge in [-0.1, -0.05) is 121 Å². The first kappa shape index (κ1) is 27.0. The van der Waals surface area contributed by atoms with E-state index in [4.69, 9.17) is 10.2 Å². The van der Waals surface area contributed by atoms with Crippen LogP contribution in [0, 0.1) is 0 Å². The zero-order valence-electron chi connectivity index (χ0n) is 25.5. The van der Waals surface area contributed by atoms with E-state index in [1.165, 1.54) is 43.8 Å². The van der Waals surface area contributed by atoms with Gasteiger partial charge in [-0.25, -0.2) is 0 Å². The average Bonchev–Trinajstić information content (AvgIpc) is 3.58. The fraction of sp³-hybridized carbons (Fsp3) is 0. The number of rotatable bonds is 5. The van der Waals surface area contributed by atoms with Gasteiger partial charge in [-0.2, -0.15) is 4.80 Å². The van der Waals surface area contributed by atoms with Crippen molar-refractivity contribution in [2.75, 3.05) is 0 Å². The van der Waals surface area contributed by atoms with Gasteiger partial charge >= 0.3 is 0 Å². The quantitative estimate of drug-likeness (QED) is 0.185. The first-order chi connectivity index (χ1) is 23.3. The third kappa shape index (κ3) is 4.75. The maximum atomic E-state index is 4.89. The Morgan fingerprint density at radius 1 is 0.362 bits per heavy atom. The maximum absolute atomic E-state index is 4.89. The highest BCUT2D eigenvalue weighted by atomic mass is 15.5. The van der Waals surface area contributed by atoms with E-state index in [1.807, 2.05) is 24.4 Å². The van der Waals surface area contributed by atoms with Crippen LogP contribution >= 0.6 is 0 Å². The number of pyridine rings is 1. The molecule has 2 heterocycles. The van der Waals surface area contributed by atoms with Crippen molar-refractivity contribution in [2.24, 2.45) is 0 Å². The highest BCUT2D eigenvalue weighted by molar-refractivity contribution is 6.22. The molecule has 0 unspecified atom stereocenters. The molecule has 9 rings (SSSR count). The van der Waals surface area contributed by atoms with Crippen LogP contribution in [0.5, 0.6) is 0 Å². The number of hydrogen-bond acceptors (Lipinski definition) is 3. The maximum Gasteiger partial charge on any atom is 0.114 e. The van der Waals surface area contributed by atoms with E-state index < -0.39 is 0 Å². The summed E-state index contributed by atoms with van der Waals surface area (Å²) in [5.41, 5.74) is 12.0. The van der Waals surface area contributed by atoms with Crippen LogP contribution in [0.4, 0.5) is 0 Å². The molecule has 0 N–H and O–H groups in total. The molecule has 7 aromatic carbocycles. The van der Waals surface area contributed by atoms with E-state index >= 15 is 0 Å². The molecule has 0 aliphatic heterocycles. The minimum absolute atomic E-state index is 0.853. The molecule has 0 aliphatic rings. The predicted molar refractivity (Wildman–Crippen MR) is 193 cm³/mol. The number of benzene rings is 7. The van der Waals surface area contributed by atoms with E-state index in [0.717, 1.165) is 39.0 Å². The monoisotopic (exact) mass is 600 g/mol. The lowest BCUT2D eigenvalue weighted by Gasteiger charge is -2.18. The average molecular weight is 601 g/mol. The number of nitrogens with zero attached hydrogens (tertiary/aromatic N) is 4. The summed E-state index contributed by atoms with van der Waals surface area (Å²) in [6.45, 7) is 0. The molecule has 2 aromatic heterocycles. The summed E-state index contributed by atoms with van der Waals surface area (Å²) in [7, 11) is 0. The molecule has 4 heteroatoms. The third-order valence-corrected chi connectivity index (χ3v) is 8.96. The van der Waals surface area contributed by atoms with Crippen molar-refractivity contribution in [1.29, 1.82) is 0 Å². The van der Waals surface area contributed by atoms with Gasteiger partial charge in [0.1, 0.15) is 11.0 Å². The third-order valence-electron chi connectivity index (χ3n) is 8.96. The Morgan fingerprint density at radius 2 is 0.915 bits per heavy atom. The highest BCUT2D eigenvalue weighted by Gasteiger charge is 2.17. The molecule has 0 saturated carbocycles. The molecular formula is C43H28N4. The van der Waals surface area contributed by atoms with E-state index in [-0.39, 0.29) is 0 Å². The van der Waals surface area contributed by atoms with Crippen molar-refractivity contribution in [2.45, 2.75) is 0 Å². The molecular weight excluding hydrogens is 573 g/mol. The second-order valence-corrected chi connectivity index (χ2v) is 11.8. The van der Waals surface area contributed by atoms with E-state index in [1.54, 1.807) is 11.0 Å². The van der Waals surface area contributed by atoms with Gasteiger partial charge in [0.25, 0.3) is 0 Å². The molecule has 0 spiro atoms. The van der Waals surface area contributed by atoms with Gasteiger partial charge in [-0.15, -0.1) is 10.2 Å². The first-order valence-corrected chi connectivity index (χ1v) is 15.8. The van der Waals surface area contributed by atoms with Crippen molar-refractivity contribution in [1.82, 2.24) is 20.0 Å². The normalized spacial score (nSPS) is 11.4. The van der Waals surface area contributed by atoms with Crippen LogP contribution in [-0.2, 0) is 0 Å². The van der Waals surface area contributed by atoms with Gasteiger partial charge in [0, 0.05) is 12.4 Å². The van der Waals surface area contributed by atoms with E-state index in [2.05, 4.69) is 145 Å². The molecule has 4 nitrogen and oxygen atoms in total. The summed E-state index contributed by atoms with van der Waals surface area (Å²) in [6.07, 6.45) is 3.66. The van der Waals surface area contributed by atoms with Gasteiger partial charge < -0.3 is 0 Å². The van der Waals surface area contributed by atoms with Gasteiger partial charge in [-0.3, -0.25) is 4.98 Å². The van der Waals surface area contributed by atoms with Gasteiger partial charge in [0.05, 0.1) is 5.69 Å². The zero-order valence-corrected chi connectivity index (χ0v) is 25.5. The van der Waals surface area contributed by atoms with E-state index in [0.29, 0.717) is 0 Å². The van der Waals surface area contributed by atoms with Crippen LogP contribution in [-0.4, -0.2) is 20.0 Å². The summed E-state index contributed by atoms with van der Waals surface area (Å²) < 4.78 is 0. The van der Waals surface area contributed by atoms with Gasteiger partial charge in [0.2, 0.25) is 0 Å². The topological polar surface area (TPSA) is 43.6 Å². The molecule has 0 fully saturated rings. The van der Waals surface area contributed by atoms with Crippen LogP contribution in [0.25, 0.3) is 82.8 Å². The Labute approximate surface area is 272 Å². The molecule has 0 saturated heterocycles. The fourth-order valence-electron chi connectivity index (χ4n) is 6.72. The lowest BCUT2D eigenvalue weighted by Crippen LogP contribution is -1.97. The highest BCUT2D eigenvalue weighted by Crippen LogP contribution is 2.44. The summed E-state index contributed by atoms with van der Waals surface area (Å²) in [5, 5.41) is 14.6. The van der Waals surface area contributed by atoms with Crippen LogP contribution in [0.15, 0.2) is 170 Å². The van der Waals surface area contributed by atoms with Crippen LogP contribution in [0.1, 0.15) is 0 Å². The fourth-order valence-corrected chi connectivity index (χ4v) is 6.72. The SMILES string of the molecule is c1ccc(-c2c3ccccc3c(-c3ccccc3)c3cc(-c4ccc5nn(-c6ccc(-c7cccnc7)cc6)nc5c4)ccc23)cc1. The minimum Gasteiger partial charge on any atom is -0.264 e. The molecule has 0 aliphatic carbocycles. The number of fused-ring (bicyclic) bond motifs is 3. The summed E-state index contributed by atoms with van der Waals surface area (Å²) in [4.78, 5) is 5.96. The van der Waals surface area contributed by atoms with Crippen molar-refractivity contribution in [3.63, 3.8) is 0 Å². The molecule has 0 bridgehead atoms. The lowest BCUT2D eigenvalue weighted by atomic mass is 9.85.